The zero-order valence-electron chi connectivity index (χ0n) is 14.7. The molecule has 27 heavy (non-hydrogen) atoms. The van der Waals surface area contributed by atoms with Gasteiger partial charge in [0.25, 0.3) is 5.91 Å². The molecule has 0 aliphatic heterocycles. The summed E-state index contributed by atoms with van der Waals surface area (Å²) < 4.78 is 20.2. The van der Waals surface area contributed by atoms with Crippen LogP contribution in [0.1, 0.15) is 21.5 Å². The van der Waals surface area contributed by atoms with Crippen molar-refractivity contribution in [2.24, 2.45) is 0 Å². The van der Waals surface area contributed by atoms with Crippen molar-refractivity contribution in [3.63, 3.8) is 0 Å². The average Bonchev–Trinajstić information content (AvgIpc) is 3.16. The number of anilines is 1. The molecule has 1 heterocycles. The van der Waals surface area contributed by atoms with E-state index in [2.05, 4.69) is 10.4 Å². The van der Waals surface area contributed by atoms with Gasteiger partial charge < -0.3 is 10.1 Å². The molecule has 6 nitrogen and oxygen atoms in total. The van der Waals surface area contributed by atoms with E-state index in [1.807, 2.05) is 12.3 Å². The zero-order valence-corrected chi connectivity index (χ0v) is 14.7. The smallest absolute Gasteiger partial charge is 0.338 e. The maximum Gasteiger partial charge on any atom is 0.338 e. The van der Waals surface area contributed by atoms with Crippen LogP contribution >= 0.6 is 0 Å². The largest absolute Gasteiger partial charge is 0.452 e. The van der Waals surface area contributed by atoms with Crippen LogP contribution in [0.25, 0.3) is 0 Å². The predicted octanol–water partition coefficient (Wildman–Crippen LogP) is 3.17. The predicted molar refractivity (Wildman–Crippen MR) is 97.8 cm³/mol. The SMILES string of the molecule is Cc1ccc(NC(=O)COC(=O)c2ccc(Cn3cccn3)cc2)cc1F. The van der Waals surface area contributed by atoms with Crippen LogP contribution in [-0.2, 0) is 16.1 Å². The molecular formula is C20H18FN3O3. The monoisotopic (exact) mass is 367 g/mol. The number of hydrogen-bond acceptors (Lipinski definition) is 4. The van der Waals surface area contributed by atoms with Crippen molar-refractivity contribution >= 4 is 17.6 Å². The number of halogens is 1. The number of aromatic nitrogens is 2. The highest BCUT2D eigenvalue weighted by Gasteiger charge is 2.11. The lowest BCUT2D eigenvalue weighted by atomic mass is 10.1. The second-order valence-electron chi connectivity index (χ2n) is 5.99. The number of nitrogens with zero attached hydrogens (tertiary/aromatic N) is 2. The Bertz CT molecular complexity index is 938. The Hall–Kier alpha value is -3.48. The van der Waals surface area contributed by atoms with E-state index in [0.717, 1.165) is 5.56 Å². The number of carbonyl (C=O) groups is 2. The van der Waals surface area contributed by atoms with E-state index in [1.165, 1.54) is 6.07 Å². The normalized spacial score (nSPS) is 10.4. The second-order valence-corrected chi connectivity index (χ2v) is 5.99. The number of ether oxygens (including phenoxy) is 1. The summed E-state index contributed by atoms with van der Waals surface area (Å²) in [6, 6.07) is 13.1. The van der Waals surface area contributed by atoms with Crippen molar-refractivity contribution in [1.29, 1.82) is 0 Å². The van der Waals surface area contributed by atoms with Crippen LogP contribution in [0.15, 0.2) is 60.9 Å². The number of hydrogen-bond donors (Lipinski definition) is 1. The first-order valence-electron chi connectivity index (χ1n) is 8.31. The Balaban J connectivity index is 1.50. The van der Waals surface area contributed by atoms with Crippen LogP contribution in [-0.4, -0.2) is 28.3 Å². The molecule has 1 amide bonds. The third kappa shape index (κ3) is 5.01. The quantitative estimate of drug-likeness (QED) is 0.679. The molecule has 7 heteroatoms. The molecule has 1 N–H and O–H groups in total. The second kappa shape index (κ2) is 8.27. The molecule has 3 rings (SSSR count). The van der Waals surface area contributed by atoms with Gasteiger partial charge in [0.2, 0.25) is 0 Å². The van der Waals surface area contributed by atoms with E-state index in [4.69, 9.17) is 4.74 Å². The van der Waals surface area contributed by atoms with Gasteiger partial charge in [-0.15, -0.1) is 0 Å². The van der Waals surface area contributed by atoms with E-state index in [-0.39, 0.29) is 0 Å². The summed E-state index contributed by atoms with van der Waals surface area (Å²) in [5.41, 5.74) is 2.11. The molecule has 0 spiro atoms. The van der Waals surface area contributed by atoms with Gasteiger partial charge in [0.05, 0.1) is 12.1 Å². The van der Waals surface area contributed by atoms with E-state index >= 15 is 0 Å². The van der Waals surface area contributed by atoms with Gasteiger partial charge in [-0.1, -0.05) is 18.2 Å². The fraction of sp³-hybridized carbons (Fsp3) is 0.150. The molecule has 0 saturated carbocycles. The highest BCUT2D eigenvalue weighted by molar-refractivity contribution is 5.95. The minimum absolute atomic E-state index is 0.308. The minimum atomic E-state index is -0.606. The molecule has 0 unspecified atom stereocenters. The fourth-order valence-corrected chi connectivity index (χ4v) is 2.41. The number of benzene rings is 2. The zero-order chi connectivity index (χ0) is 19.2. The molecule has 0 radical (unpaired) electrons. The van der Waals surface area contributed by atoms with Crippen molar-refractivity contribution in [2.45, 2.75) is 13.5 Å². The highest BCUT2D eigenvalue weighted by atomic mass is 19.1. The Morgan fingerprint density at radius 1 is 1.19 bits per heavy atom. The van der Waals surface area contributed by atoms with Crippen molar-refractivity contribution in [1.82, 2.24) is 9.78 Å². The van der Waals surface area contributed by atoms with Crippen LogP contribution in [0.2, 0.25) is 0 Å². The molecule has 3 aromatic rings. The summed E-state index contributed by atoms with van der Waals surface area (Å²) in [5, 5.41) is 6.60. The van der Waals surface area contributed by atoms with Crippen LogP contribution in [0.5, 0.6) is 0 Å². The molecule has 138 valence electrons. The number of aryl methyl sites for hydroxylation is 1. The summed E-state index contributed by atoms with van der Waals surface area (Å²) in [4.78, 5) is 23.9. The van der Waals surface area contributed by atoms with Crippen LogP contribution < -0.4 is 5.32 Å². The van der Waals surface area contributed by atoms with E-state index < -0.39 is 24.3 Å². The molecule has 0 aliphatic rings. The molecule has 2 aromatic carbocycles. The minimum Gasteiger partial charge on any atom is -0.452 e. The lowest BCUT2D eigenvalue weighted by Gasteiger charge is -2.08. The van der Waals surface area contributed by atoms with Crippen LogP contribution in [0, 0.1) is 12.7 Å². The fourth-order valence-electron chi connectivity index (χ4n) is 2.41. The third-order valence-electron chi connectivity index (χ3n) is 3.88. The van der Waals surface area contributed by atoms with Crippen molar-refractivity contribution < 1.29 is 18.7 Å². The lowest BCUT2D eigenvalue weighted by molar-refractivity contribution is -0.119. The van der Waals surface area contributed by atoms with Gasteiger partial charge in [0.15, 0.2) is 6.61 Å². The highest BCUT2D eigenvalue weighted by Crippen LogP contribution is 2.13. The van der Waals surface area contributed by atoms with Crippen molar-refractivity contribution in [3.8, 4) is 0 Å². The molecule has 0 fully saturated rings. The van der Waals surface area contributed by atoms with Gasteiger partial charge in [-0.2, -0.15) is 5.10 Å². The average molecular weight is 367 g/mol. The van der Waals surface area contributed by atoms with Crippen molar-refractivity contribution in [2.75, 3.05) is 11.9 Å². The maximum atomic E-state index is 13.5. The van der Waals surface area contributed by atoms with E-state index in [0.29, 0.717) is 23.4 Å². The molecule has 0 aliphatic carbocycles. The molecule has 0 bridgehead atoms. The first-order valence-corrected chi connectivity index (χ1v) is 8.31. The molecule has 0 atom stereocenters. The maximum absolute atomic E-state index is 13.5. The Morgan fingerprint density at radius 3 is 2.63 bits per heavy atom. The van der Waals surface area contributed by atoms with Gasteiger partial charge in [-0.3, -0.25) is 9.48 Å². The van der Waals surface area contributed by atoms with E-state index in [1.54, 1.807) is 54.2 Å². The number of amides is 1. The van der Waals surface area contributed by atoms with Crippen LogP contribution in [0.4, 0.5) is 10.1 Å². The third-order valence-corrected chi connectivity index (χ3v) is 3.88. The molecule has 1 aromatic heterocycles. The van der Waals surface area contributed by atoms with Gasteiger partial charge >= 0.3 is 5.97 Å². The van der Waals surface area contributed by atoms with Crippen molar-refractivity contribution in [3.05, 3.63) is 83.4 Å². The van der Waals surface area contributed by atoms with Gasteiger partial charge in [-0.05, 0) is 48.4 Å². The van der Waals surface area contributed by atoms with Gasteiger partial charge in [0, 0.05) is 18.1 Å². The summed E-state index contributed by atoms with van der Waals surface area (Å²) in [7, 11) is 0. The summed E-state index contributed by atoms with van der Waals surface area (Å²) >= 11 is 0. The Kier molecular flexibility index (Phi) is 5.61. The van der Waals surface area contributed by atoms with Gasteiger partial charge in [-0.25, -0.2) is 9.18 Å². The Morgan fingerprint density at radius 2 is 1.96 bits per heavy atom. The standard InChI is InChI=1S/C20H18FN3O3/c1-14-3-8-17(11-18(14)21)23-19(25)13-27-20(26)16-6-4-15(5-7-16)12-24-10-2-9-22-24/h2-11H,12-13H2,1H3,(H,23,25). The first-order chi connectivity index (χ1) is 13.0. The first kappa shape index (κ1) is 18.3. The lowest BCUT2D eigenvalue weighted by Crippen LogP contribution is -2.21. The Labute approximate surface area is 155 Å². The van der Waals surface area contributed by atoms with Crippen LogP contribution in [0.3, 0.4) is 0 Å². The summed E-state index contributed by atoms with van der Waals surface area (Å²) in [6.45, 7) is 1.77. The van der Waals surface area contributed by atoms with E-state index in [9.17, 15) is 14.0 Å². The topological polar surface area (TPSA) is 73.2 Å². The van der Waals surface area contributed by atoms with Gasteiger partial charge in [0.1, 0.15) is 5.82 Å². The molecular weight excluding hydrogens is 349 g/mol. The number of rotatable bonds is 6. The number of nitrogens with one attached hydrogen (secondary N) is 1. The number of carbonyl (C=O) groups excluding carboxylic acids is 2. The summed E-state index contributed by atoms with van der Waals surface area (Å²) in [6.07, 6.45) is 3.54. The number of esters is 1. The molecule has 0 saturated heterocycles. The summed E-state index contributed by atoms with van der Waals surface area (Å²) in [5.74, 6) is -1.56.